The highest BCUT2D eigenvalue weighted by Gasteiger charge is 2.19. The van der Waals surface area contributed by atoms with E-state index in [2.05, 4.69) is 10.3 Å². The molecular formula is C25H27ClN4O6. The minimum atomic E-state index is -1.15. The number of rotatable bonds is 11. The van der Waals surface area contributed by atoms with Crippen molar-refractivity contribution in [2.45, 2.75) is 46.2 Å². The number of halogens is 1. The zero-order valence-corrected chi connectivity index (χ0v) is 20.7. The Kier molecular flexibility index (Phi) is 8.65. The second kappa shape index (κ2) is 11.7. The van der Waals surface area contributed by atoms with E-state index in [1.807, 2.05) is 6.92 Å². The molecule has 36 heavy (non-hydrogen) atoms. The summed E-state index contributed by atoms with van der Waals surface area (Å²) in [6, 6.07) is 11.3. The lowest BCUT2D eigenvalue weighted by molar-refractivity contribution is -0.141. The zero-order chi connectivity index (χ0) is 26.4. The van der Waals surface area contributed by atoms with Gasteiger partial charge >= 0.3 is 17.3 Å². The van der Waals surface area contributed by atoms with Gasteiger partial charge in [0.1, 0.15) is 11.5 Å². The summed E-state index contributed by atoms with van der Waals surface area (Å²) in [7, 11) is 0. The number of anilines is 2. The van der Waals surface area contributed by atoms with Crippen molar-refractivity contribution in [2.75, 3.05) is 5.32 Å². The van der Waals surface area contributed by atoms with E-state index in [-0.39, 0.29) is 37.0 Å². The summed E-state index contributed by atoms with van der Waals surface area (Å²) in [5, 5.41) is 23.0. The Morgan fingerprint density at radius 3 is 2.42 bits per heavy atom. The minimum Gasteiger partial charge on any atom is -0.508 e. The number of nitrogens with one attached hydrogen (secondary N) is 1. The molecule has 0 aliphatic carbocycles. The Labute approximate surface area is 211 Å². The van der Waals surface area contributed by atoms with Crippen LogP contribution in [0.25, 0.3) is 0 Å². The summed E-state index contributed by atoms with van der Waals surface area (Å²) in [6.07, 6.45) is 1.22. The van der Waals surface area contributed by atoms with Gasteiger partial charge in [0.25, 0.3) is 0 Å². The predicted octanol–water partition coefficient (Wildman–Crippen LogP) is 3.19. The van der Waals surface area contributed by atoms with Crippen LogP contribution in [0.2, 0.25) is 5.02 Å². The van der Waals surface area contributed by atoms with Gasteiger partial charge in [0.05, 0.1) is 12.5 Å². The molecular weight excluding hydrogens is 488 g/mol. The first-order valence-electron chi connectivity index (χ1n) is 11.4. The van der Waals surface area contributed by atoms with Gasteiger partial charge in [-0.1, -0.05) is 43.6 Å². The van der Waals surface area contributed by atoms with Gasteiger partial charge in [-0.05, 0) is 30.2 Å². The Morgan fingerprint density at radius 1 is 1.11 bits per heavy atom. The molecule has 1 atom stereocenters. The minimum absolute atomic E-state index is 0.00572. The third kappa shape index (κ3) is 6.60. The fourth-order valence-electron chi connectivity index (χ4n) is 3.55. The molecule has 11 heteroatoms. The molecule has 3 rings (SSSR count). The molecule has 0 saturated heterocycles. The lowest BCUT2D eigenvalue weighted by atomic mass is 10.0. The predicted molar refractivity (Wildman–Crippen MR) is 135 cm³/mol. The molecule has 10 nitrogen and oxygen atoms in total. The van der Waals surface area contributed by atoms with E-state index in [0.717, 1.165) is 4.57 Å². The summed E-state index contributed by atoms with van der Waals surface area (Å²) >= 11 is 5.95. The lowest BCUT2D eigenvalue weighted by Gasteiger charge is -2.17. The number of benzene rings is 2. The van der Waals surface area contributed by atoms with E-state index < -0.39 is 23.3 Å². The number of aromatic hydroxyl groups is 1. The average molecular weight is 515 g/mol. The number of hydrogen-bond acceptors (Lipinski definition) is 7. The van der Waals surface area contributed by atoms with E-state index in [1.54, 1.807) is 36.4 Å². The molecule has 0 fully saturated rings. The molecule has 190 valence electrons. The Hall–Kier alpha value is -3.92. The van der Waals surface area contributed by atoms with Gasteiger partial charge in [-0.25, -0.2) is 14.2 Å². The second-order valence-electron chi connectivity index (χ2n) is 8.50. The number of Topliss-reactive ketones (excluding diaryl/α,β-unsaturated/α-hetero) is 1. The first-order valence-corrected chi connectivity index (χ1v) is 11.8. The van der Waals surface area contributed by atoms with Crippen molar-refractivity contribution in [3.63, 3.8) is 0 Å². The molecule has 0 unspecified atom stereocenters. The zero-order valence-electron chi connectivity index (χ0n) is 19.9. The molecule has 0 spiro atoms. The first kappa shape index (κ1) is 26.7. The van der Waals surface area contributed by atoms with Gasteiger partial charge in [0, 0.05) is 41.7 Å². The van der Waals surface area contributed by atoms with Gasteiger partial charge < -0.3 is 15.5 Å². The van der Waals surface area contributed by atoms with Gasteiger partial charge in [-0.2, -0.15) is 4.98 Å². The maximum absolute atomic E-state index is 13.3. The SMILES string of the molecule is CCCC(=O)Cc1ccc(Nc2nc(=O)n(C[C@H](C)C(=O)O)c(=O)n2Cc2ccc(Cl)cc2)cc1O. The van der Waals surface area contributed by atoms with Crippen molar-refractivity contribution in [1.82, 2.24) is 14.1 Å². The number of aromatic nitrogens is 3. The van der Waals surface area contributed by atoms with Gasteiger partial charge in [0.15, 0.2) is 0 Å². The number of carboxylic acids is 1. The molecule has 0 saturated carbocycles. The molecule has 3 aromatic rings. The highest BCUT2D eigenvalue weighted by molar-refractivity contribution is 6.30. The number of hydrogen-bond donors (Lipinski definition) is 3. The number of phenolic OH excluding ortho intramolecular Hbond substituents is 1. The standard InChI is InChI=1S/C25H27ClN4O6/c1-3-4-20(31)11-17-7-10-19(12-21(17)32)27-23-28-24(35)30(13-15(2)22(33)34)25(36)29(23)14-16-5-8-18(26)9-6-16/h5-10,12,15,32H,3-4,11,13-14H2,1-2H3,(H,33,34)(H,27,28,35)/t15-/m0/s1. The van der Waals surface area contributed by atoms with Crippen LogP contribution in [0.1, 0.15) is 37.8 Å². The van der Waals surface area contributed by atoms with Crippen LogP contribution in [0.15, 0.2) is 52.1 Å². The topological polar surface area (TPSA) is 144 Å². The number of ketones is 1. The molecule has 2 aromatic carbocycles. The Morgan fingerprint density at radius 2 is 1.81 bits per heavy atom. The summed E-state index contributed by atoms with van der Waals surface area (Å²) in [6.45, 7) is 2.96. The van der Waals surface area contributed by atoms with Crippen molar-refractivity contribution < 1.29 is 19.8 Å². The first-order chi connectivity index (χ1) is 17.1. The highest BCUT2D eigenvalue weighted by Crippen LogP contribution is 2.25. The van der Waals surface area contributed by atoms with Crippen molar-refractivity contribution in [1.29, 1.82) is 0 Å². The number of aliphatic carboxylic acids is 1. The van der Waals surface area contributed by atoms with Crippen LogP contribution in [0.3, 0.4) is 0 Å². The smallest absolute Gasteiger partial charge is 0.354 e. The number of phenols is 1. The van der Waals surface area contributed by atoms with Crippen LogP contribution in [0, 0.1) is 5.92 Å². The van der Waals surface area contributed by atoms with Crippen molar-refractivity contribution in [2.24, 2.45) is 5.92 Å². The Bertz CT molecular complexity index is 1380. The van der Waals surface area contributed by atoms with Gasteiger partial charge in [-0.3, -0.25) is 14.2 Å². The number of carbonyl (C=O) groups excluding carboxylic acids is 1. The molecule has 0 aliphatic rings. The molecule has 3 N–H and O–H groups in total. The van der Waals surface area contributed by atoms with E-state index in [0.29, 0.717) is 34.7 Å². The normalized spacial score (nSPS) is 11.8. The second-order valence-corrected chi connectivity index (χ2v) is 8.93. The third-order valence-corrected chi connectivity index (χ3v) is 5.79. The molecule has 1 aromatic heterocycles. The average Bonchev–Trinajstić information content (AvgIpc) is 2.82. The summed E-state index contributed by atoms with van der Waals surface area (Å²) in [4.78, 5) is 53.2. The van der Waals surface area contributed by atoms with Crippen LogP contribution in [-0.2, 0) is 29.1 Å². The van der Waals surface area contributed by atoms with E-state index >= 15 is 0 Å². The third-order valence-electron chi connectivity index (χ3n) is 5.54. The van der Waals surface area contributed by atoms with Gasteiger partial charge in [-0.15, -0.1) is 0 Å². The summed E-state index contributed by atoms with van der Waals surface area (Å²) in [5.41, 5.74) is -0.161. The largest absolute Gasteiger partial charge is 0.508 e. The molecule has 0 aliphatic heterocycles. The number of carbonyl (C=O) groups is 2. The number of nitrogens with zero attached hydrogens (tertiary/aromatic N) is 3. The maximum atomic E-state index is 13.3. The molecule has 1 heterocycles. The Balaban J connectivity index is 2.01. The fourth-order valence-corrected chi connectivity index (χ4v) is 3.67. The summed E-state index contributed by atoms with van der Waals surface area (Å²) < 4.78 is 1.98. The van der Waals surface area contributed by atoms with E-state index in [4.69, 9.17) is 11.6 Å². The fraction of sp³-hybridized carbons (Fsp3) is 0.320. The lowest BCUT2D eigenvalue weighted by Crippen LogP contribution is -2.44. The van der Waals surface area contributed by atoms with Crippen molar-refractivity contribution in [3.8, 4) is 5.75 Å². The van der Waals surface area contributed by atoms with E-state index in [9.17, 15) is 29.4 Å². The molecule has 0 radical (unpaired) electrons. The van der Waals surface area contributed by atoms with Crippen LogP contribution >= 0.6 is 11.6 Å². The maximum Gasteiger partial charge on any atom is 0.354 e. The molecule has 0 amide bonds. The van der Waals surface area contributed by atoms with Crippen LogP contribution in [0.4, 0.5) is 11.6 Å². The van der Waals surface area contributed by atoms with Crippen molar-refractivity contribution in [3.05, 3.63) is 79.6 Å². The number of carboxylic acid groups (broad SMARTS) is 1. The van der Waals surface area contributed by atoms with E-state index in [1.165, 1.54) is 17.6 Å². The summed E-state index contributed by atoms with van der Waals surface area (Å²) in [5.74, 6) is -2.33. The quantitative estimate of drug-likeness (QED) is 0.354. The van der Waals surface area contributed by atoms with Crippen LogP contribution in [-0.4, -0.2) is 36.1 Å². The van der Waals surface area contributed by atoms with Crippen LogP contribution in [0.5, 0.6) is 5.75 Å². The monoisotopic (exact) mass is 514 g/mol. The molecule has 0 bridgehead atoms. The highest BCUT2D eigenvalue weighted by atomic mass is 35.5. The van der Waals surface area contributed by atoms with Crippen LogP contribution < -0.4 is 16.7 Å². The van der Waals surface area contributed by atoms with Gasteiger partial charge in [0.2, 0.25) is 5.95 Å². The van der Waals surface area contributed by atoms with Crippen molar-refractivity contribution >= 4 is 35.0 Å².